The highest BCUT2D eigenvalue weighted by Crippen LogP contribution is 2.35. The lowest BCUT2D eigenvalue weighted by atomic mass is 10.2. The number of nitrogens with two attached hydrogens (primary N) is 1. The fourth-order valence-electron chi connectivity index (χ4n) is 1.36. The van der Waals surface area contributed by atoms with Crippen molar-refractivity contribution in [2.75, 3.05) is 24.3 Å². The molecular weight excluding hydrogens is 187 g/mol. The summed E-state index contributed by atoms with van der Waals surface area (Å²) in [5, 5.41) is 0. The molecule has 0 atom stereocenters. The fraction of sp³-hybridized carbons (Fsp3) is 0.222. The molecule has 1 amide bonds. The standard InChI is InChI=1S/C9H9FN2O2/c1-12-7-3-5(11)2-6(10)9(7)14-4-8(12)13/h2-3H,4,11H2,1H3. The molecule has 74 valence electrons. The number of likely N-dealkylation sites (N-methyl/N-ethyl adjacent to an activating group) is 1. The second-order valence-corrected chi connectivity index (χ2v) is 3.09. The number of hydrogen-bond acceptors (Lipinski definition) is 3. The lowest BCUT2D eigenvalue weighted by molar-refractivity contribution is -0.121. The predicted octanol–water partition coefficient (Wildman–Crippen LogP) is 0.763. The van der Waals surface area contributed by atoms with E-state index < -0.39 is 5.82 Å². The first-order valence-corrected chi connectivity index (χ1v) is 4.08. The highest BCUT2D eigenvalue weighted by molar-refractivity contribution is 5.97. The van der Waals surface area contributed by atoms with Gasteiger partial charge in [-0.15, -0.1) is 0 Å². The van der Waals surface area contributed by atoms with Gasteiger partial charge in [-0.1, -0.05) is 0 Å². The number of rotatable bonds is 0. The zero-order valence-electron chi connectivity index (χ0n) is 7.58. The van der Waals surface area contributed by atoms with Crippen molar-refractivity contribution in [1.82, 2.24) is 0 Å². The van der Waals surface area contributed by atoms with Crippen molar-refractivity contribution < 1.29 is 13.9 Å². The molecule has 0 spiro atoms. The maximum Gasteiger partial charge on any atom is 0.264 e. The van der Waals surface area contributed by atoms with Gasteiger partial charge in [-0.2, -0.15) is 0 Å². The lowest BCUT2D eigenvalue weighted by Gasteiger charge is -2.26. The van der Waals surface area contributed by atoms with Gasteiger partial charge in [0.05, 0.1) is 5.69 Å². The third-order valence-electron chi connectivity index (χ3n) is 2.12. The molecule has 14 heavy (non-hydrogen) atoms. The van der Waals surface area contributed by atoms with Gasteiger partial charge in [-0.3, -0.25) is 4.79 Å². The van der Waals surface area contributed by atoms with Crippen LogP contribution in [0.1, 0.15) is 0 Å². The molecule has 0 fully saturated rings. The summed E-state index contributed by atoms with van der Waals surface area (Å²) in [5.41, 5.74) is 6.10. The molecule has 1 aliphatic heterocycles. The maximum absolute atomic E-state index is 13.3. The molecule has 4 nitrogen and oxygen atoms in total. The van der Waals surface area contributed by atoms with Crippen LogP contribution in [0, 0.1) is 5.82 Å². The van der Waals surface area contributed by atoms with Crippen LogP contribution < -0.4 is 15.4 Å². The van der Waals surface area contributed by atoms with E-state index in [-0.39, 0.29) is 24.0 Å². The average Bonchev–Trinajstić information content (AvgIpc) is 2.12. The van der Waals surface area contributed by atoms with Gasteiger partial charge in [0.1, 0.15) is 0 Å². The van der Waals surface area contributed by atoms with Crippen LogP contribution in [0.2, 0.25) is 0 Å². The zero-order chi connectivity index (χ0) is 10.3. The highest BCUT2D eigenvalue weighted by Gasteiger charge is 2.25. The van der Waals surface area contributed by atoms with Crippen LogP contribution in [-0.4, -0.2) is 19.6 Å². The molecule has 1 heterocycles. The van der Waals surface area contributed by atoms with Crippen molar-refractivity contribution in [3.05, 3.63) is 17.9 Å². The van der Waals surface area contributed by atoms with Crippen molar-refractivity contribution in [3.63, 3.8) is 0 Å². The van der Waals surface area contributed by atoms with E-state index in [0.29, 0.717) is 5.69 Å². The summed E-state index contributed by atoms with van der Waals surface area (Å²) in [6.45, 7) is -0.135. The molecule has 0 saturated heterocycles. The van der Waals surface area contributed by atoms with E-state index in [1.165, 1.54) is 17.0 Å². The van der Waals surface area contributed by atoms with Crippen molar-refractivity contribution >= 4 is 17.3 Å². The van der Waals surface area contributed by atoms with Gasteiger partial charge in [-0.05, 0) is 6.07 Å². The molecule has 2 rings (SSSR count). The summed E-state index contributed by atoms with van der Waals surface area (Å²) >= 11 is 0. The van der Waals surface area contributed by atoms with Crippen molar-refractivity contribution in [3.8, 4) is 5.75 Å². The molecule has 5 heteroatoms. The number of halogens is 1. The molecule has 1 aliphatic rings. The van der Waals surface area contributed by atoms with Crippen LogP contribution in [0.5, 0.6) is 5.75 Å². The Balaban J connectivity index is 2.59. The molecule has 0 unspecified atom stereocenters. The summed E-state index contributed by atoms with van der Waals surface area (Å²) in [4.78, 5) is 12.5. The van der Waals surface area contributed by atoms with E-state index >= 15 is 0 Å². The first-order chi connectivity index (χ1) is 6.59. The van der Waals surface area contributed by atoms with Gasteiger partial charge in [0.2, 0.25) is 0 Å². The summed E-state index contributed by atoms with van der Waals surface area (Å²) < 4.78 is 18.3. The SMILES string of the molecule is CN1C(=O)COc2c(F)cc(N)cc21. The topological polar surface area (TPSA) is 55.6 Å². The molecule has 0 bridgehead atoms. The number of carbonyl (C=O) groups excluding carboxylic acids is 1. The second-order valence-electron chi connectivity index (χ2n) is 3.09. The Kier molecular flexibility index (Phi) is 1.80. The summed E-state index contributed by atoms with van der Waals surface area (Å²) in [5.74, 6) is -0.678. The highest BCUT2D eigenvalue weighted by atomic mass is 19.1. The zero-order valence-corrected chi connectivity index (χ0v) is 7.58. The minimum absolute atomic E-state index is 0.0845. The Bertz CT molecular complexity index is 406. The second kappa shape index (κ2) is 2.87. The van der Waals surface area contributed by atoms with Gasteiger partial charge in [0.25, 0.3) is 5.91 Å². The van der Waals surface area contributed by atoms with Gasteiger partial charge >= 0.3 is 0 Å². The maximum atomic E-state index is 13.3. The molecule has 1 aromatic carbocycles. The average molecular weight is 196 g/mol. The smallest absolute Gasteiger partial charge is 0.264 e. The molecule has 0 radical (unpaired) electrons. The Morgan fingerprint density at radius 1 is 1.57 bits per heavy atom. The first kappa shape index (κ1) is 8.80. The van der Waals surface area contributed by atoms with E-state index in [9.17, 15) is 9.18 Å². The Morgan fingerprint density at radius 3 is 3.00 bits per heavy atom. The lowest BCUT2D eigenvalue weighted by Crippen LogP contribution is -2.35. The van der Waals surface area contributed by atoms with E-state index in [0.717, 1.165) is 0 Å². The largest absolute Gasteiger partial charge is 0.478 e. The molecular formula is C9H9FN2O2. The quantitative estimate of drug-likeness (QED) is 0.623. The van der Waals surface area contributed by atoms with E-state index in [1.54, 1.807) is 7.05 Å². The summed E-state index contributed by atoms with van der Waals surface area (Å²) in [7, 11) is 1.56. The number of fused-ring (bicyclic) bond motifs is 1. The monoisotopic (exact) mass is 196 g/mol. The van der Waals surface area contributed by atoms with Gasteiger partial charge in [-0.25, -0.2) is 4.39 Å². The van der Waals surface area contributed by atoms with E-state index in [4.69, 9.17) is 10.5 Å². The number of nitrogen functional groups attached to an aromatic ring is 1. The fourth-order valence-corrected chi connectivity index (χ4v) is 1.36. The molecule has 1 aromatic rings. The van der Waals surface area contributed by atoms with Crippen molar-refractivity contribution in [1.29, 1.82) is 0 Å². The van der Waals surface area contributed by atoms with Crippen LogP contribution in [0.4, 0.5) is 15.8 Å². The first-order valence-electron chi connectivity index (χ1n) is 4.08. The molecule has 0 aromatic heterocycles. The van der Waals surface area contributed by atoms with Crippen LogP contribution in [0.25, 0.3) is 0 Å². The number of hydrogen-bond donors (Lipinski definition) is 1. The third-order valence-corrected chi connectivity index (χ3v) is 2.12. The number of carbonyl (C=O) groups is 1. The van der Waals surface area contributed by atoms with Crippen LogP contribution in [0.3, 0.4) is 0 Å². The predicted molar refractivity (Wildman–Crippen MR) is 49.7 cm³/mol. The number of nitrogens with zero attached hydrogens (tertiary/aromatic N) is 1. The number of ether oxygens (including phenoxy) is 1. The number of anilines is 2. The molecule has 2 N–H and O–H groups in total. The van der Waals surface area contributed by atoms with Crippen LogP contribution in [0.15, 0.2) is 12.1 Å². The van der Waals surface area contributed by atoms with E-state index in [2.05, 4.69) is 0 Å². The number of amides is 1. The minimum Gasteiger partial charge on any atom is -0.478 e. The molecule has 0 aliphatic carbocycles. The normalized spacial score (nSPS) is 15.0. The minimum atomic E-state index is -0.542. The Morgan fingerprint density at radius 2 is 2.29 bits per heavy atom. The van der Waals surface area contributed by atoms with Crippen molar-refractivity contribution in [2.24, 2.45) is 0 Å². The van der Waals surface area contributed by atoms with Crippen LogP contribution >= 0.6 is 0 Å². The van der Waals surface area contributed by atoms with Gasteiger partial charge in [0, 0.05) is 18.8 Å². The summed E-state index contributed by atoms with van der Waals surface area (Å²) in [6.07, 6.45) is 0. The van der Waals surface area contributed by atoms with Gasteiger partial charge in [0.15, 0.2) is 18.2 Å². The van der Waals surface area contributed by atoms with Crippen LogP contribution in [-0.2, 0) is 4.79 Å². The third kappa shape index (κ3) is 1.17. The Labute approximate surface area is 80.1 Å². The van der Waals surface area contributed by atoms with Gasteiger partial charge < -0.3 is 15.4 Å². The van der Waals surface area contributed by atoms with Crippen molar-refractivity contribution in [2.45, 2.75) is 0 Å². The van der Waals surface area contributed by atoms with E-state index in [1.807, 2.05) is 0 Å². The Hall–Kier alpha value is -1.78. The number of benzene rings is 1. The molecule has 0 saturated carbocycles. The summed E-state index contributed by atoms with van der Waals surface area (Å²) in [6, 6.07) is 2.68.